The Labute approximate surface area is 306 Å². The minimum absolute atomic E-state index is 0.0298. The molecule has 4 aromatic rings. The Hall–Kier alpha value is -6.52. The molecule has 15 nitrogen and oxygen atoms in total. The number of carbonyl (C=O) groups excluding carboxylic acids is 5. The van der Waals surface area contributed by atoms with Crippen molar-refractivity contribution in [1.29, 1.82) is 0 Å². The number of hydrogen-bond donors (Lipinski definition) is 2. The number of para-hydroxylation sites is 1. The number of non-ortho nitro benzene ring substituents is 1. The Morgan fingerprint density at radius 1 is 0.906 bits per heavy atom. The quantitative estimate of drug-likeness (QED) is 0.0482. The van der Waals surface area contributed by atoms with Crippen LogP contribution in [0.15, 0.2) is 127 Å². The predicted molar refractivity (Wildman–Crippen MR) is 191 cm³/mol. The SMILES string of the molecule is C=C(C)C(C(=O)OCc1ccc([N+](=O)[O-])cc1)N1C(=O)C(NC(=O)COc2ccccc2)C1[S+]([O-])N(NC(=O)c1ccccc1)C(=O)c1ccccc1. The van der Waals surface area contributed by atoms with Crippen molar-refractivity contribution in [2.75, 3.05) is 6.61 Å². The van der Waals surface area contributed by atoms with Crippen molar-refractivity contribution in [3.8, 4) is 5.75 Å². The van der Waals surface area contributed by atoms with Crippen molar-refractivity contribution in [3.63, 3.8) is 0 Å². The molecule has 1 aliphatic heterocycles. The Morgan fingerprint density at radius 3 is 2.04 bits per heavy atom. The van der Waals surface area contributed by atoms with Gasteiger partial charge in [-0.3, -0.25) is 34.2 Å². The number of hydrazine groups is 1. The maximum Gasteiger partial charge on any atom is 0.333 e. The number of esters is 1. The molecule has 1 heterocycles. The van der Waals surface area contributed by atoms with Crippen molar-refractivity contribution in [2.45, 2.75) is 31.0 Å². The largest absolute Gasteiger partial charge is 0.589 e. The van der Waals surface area contributed by atoms with Crippen LogP contribution in [-0.4, -0.2) is 72.5 Å². The number of nitro groups is 1. The first-order valence-corrected chi connectivity index (χ1v) is 17.1. The van der Waals surface area contributed by atoms with Crippen LogP contribution in [0.4, 0.5) is 5.69 Å². The number of amides is 4. The van der Waals surface area contributed by atoms with Gasteiger partial charge in [0.2, 0.25) is 5.37 Å². The molecule has 1 fully saturated rings. The van der Waals surface area contributed by atoms with Gasteiger partial charge in [0.15, 0.2) is 18.7 Å². The second-order valence-corrected chi connectivity index (χ2v) is 13.0. The lowest BCUT2D eigenvalue weighted by atomic mass is 9.99. The second kappa shape index (κ2) is 17.1. The normalized spacial score (nSPS) is 15.9. The number of ether oxygens (including phenoxy) is 2. The number of carbonyl (C=O) groups is 5. The molecule has 0 aliphatic carbocycles. The summed E-state index contributed by atoms with van der Waals surface area (Å²) in [5.74, 6) is -4.01. The van der Waals surface area contributed by atoms with E-state index in [1.54, 1.807) is 66.7 Å². The van der Waals surface area contributed by atoms with Gasteiger partial charge in [-0.1, -0.05) is 65.6 Å². The van der Waals surface area contributed by atoms with E-state index in [4.69, 9.17) is 9.47 Å². The van der Waals surface area contributed by atoms with Crippen LogP contribution >= 0.6 is 0 Å². The number of benzene rings is 4. The molecule has 1 saturated heterocycles. The molecule has 2 N–H and O–H groups in total. The van der Waals surface area contributed by atoms with Gasteiger partial charge in [-0.05, 0) is 66.6 Å². The highest BCUT2D eigenvalue weighted by Gasteiger charge is 2.62. The van der Waals surface area contributed by atoms with Crippen molar-refractivity contribution >= 4 is 46.6 Å². The van der Waals surface area contributed by atoms with Crippen LogP contribution < -0.4 is 15.5 Å². The van der Waals surface area contributed by atoms with Gasteiger partial charge in [-0.25, -0.2) is 10.2 Å². The zero-order valence-electron chi connectivity index (χ0n) is 28.2. The summed E-state index contributed by atoms with van der Waals surface area (Å²) in [6.45, 7) is 4.37. The first-order valence-electron chi connectivity index (χ1n) is 16.0. The summed E-state index contributed by atoms with van der Waals surface area (Å²) in [5.41, 5.74) is 2.83. The highest BCUT2D eigenvalue weighted by Crippen LogP contribution is 2.33. The fourth-order valence-corrected chi connectivity index (χ4v) is 6.71. The first-order chi connectivity index (χ1) is 25.5. The molecule has 0 bridgehead atoms. The number of β-lactam (4-membered cyclic amide) rings is 1. The number of hydrogen-bond acceptors (Lipinski definition) is 10. The highest BCUT2D eigenvalue weighted by atomic mass is 32.2. The third-order valence-electron chi connectivity index (χ3n) is 7.84. The maximum absolute atomic E-state index is 14.6. The van der Waals surface area contributed by atoms with Crippen LogP contribution in [0, 0.1) is 10.1 Å². The molecule has 5 rings (SSSR count). The summed E-state index contributed by atoms with van der Waals surface area (Å²) in [7, 11) is 0. The average Bonchev–Trinajstić information content (AvgIpc) is 3.18. The molecule has 1 aliphatic rings. The molecule has 0 aromatic heterocycles. The van der Waals surface area contributed by atoms with Crippen molar-refractivity contribution in [1.82, 2.24) is 20.1 Å². The standard InChI is InChI=1S/C37H33N5O10S/c1-24(2)32(37(47)52-22-25-18-20-28(21-19-25)42(48)49)40-35(46)31(38-30(43)23-51-29-16-10-5-11-17-29)36(40)53(50)41(34(45)27-14-8-4-9-15-27)39-33(44)26-12-6-3-7-13-26/h3-21,31-32,36H,1,22-23H2,2H3,(H,38,43)(H,39,44). The van der Waals surface area contributed by atoms with E-state index in [0.29, 0.717) is 15.7 Å². The lowest BCUT2D eigenvalue weighted by Crippen LogP contribution is -2.78. The van der Waals surface area contributed by atoms with Crippen molar-refractivity contribution in [2.24, 2.45) is 0 Å². The van der Waals surface area contributed by atoms with Crippen molar-refractivity contribution < 1.29 is 42.9 Å². The third kappa shape index (κ3) is 9.05. The molecular weight excluding hydrogens is 706 g/mol. The van der Waals surface area contributed by atoms with E-state index in [0.717, 1.165) is 4.90 Å². The van der Waals surface area contributed by atoms with E-state index in [2.05, 4.69) is 17.3 Å². The van der Waals surface area contributed by atoms with E-state index >= 15 is 0 Å². The summed E-state index contributed by atoms with van der Waals surface area (Å²) in [4.78, 5) is 79.1. The molecule has 53 heavy (non-hydrogen) atoms. The maximum atomic E-state index is 14.6. The molecular formula is C37H33N5O10S. The molecule has 4 aromatic carbocycles. The Bertz CT molecular complexity index is 1980. The van der Waals surface area contributed by atoms with Crippen LogP contribution in [0.25, 0.3) is 0 Å². The molecule has 4 amide bonds. The Morgan fingerprint density at radius 2 is 1.47 bits per heavy atom. The fourth-order valence-electron chi connectivity index (χ4n) is 5.22. The minimum atomic E-state index is -2.69. The van der Waals surface area contributed by atoms with Gasteiger partial charge in [0.25, 0.3) is 23.4 Å². The topological polar surface area (TPSA) is 201 Å². The summed E-state index contributed by atoms with van der Waals surface area (Å²) in [5, 5.41) is 11.9. The van der Waals surface area contributed by atoms with Gasteiger partial charge in [0.05, 0.1) is 4.92 Å². The Kier molecular flexibility index (Phi) is 12.2. The second-order valence-electron chi connectivity index (χ2n) is 11.6. The van der Waals surface area contributed by atoms with Crippen LogP contribution in [0.3, 0.4) is 0 Å². The van der Waals surface area contributed by atoms with Gasteiger partial charge in [0.1, 0.15) is 23.7 Å². The summed E-state index contributed by atoms with van der Waals surface area (Å²) >= 11 is -2.69. The zero-order chi connectivity index (χ0) is 38.1. The summed E-state index contributed by atoms with van der Waals surface area (Å²) in [6, 6.07) is 25.9. The van der Waals surface area contributed by atoms with Crippen LogP contribution in [0.5, 0.6) is 5.75 Å². The monoisotopic (exact) mass is 739 g/mol. The lowest BCUT2D eigenvalue weighted by Gasteiger charge is -2.49. The van der Waals surface area contributed by atoms with Crippen LogP contribution in [0.2, 0.25) is 0 Å². The lowest BCUT2D eigenvalue weighted by molar-refractivity contribution is -0.384. The minimum Gasteiger partial charge on any atom is -0.589 e. The molecule has 0 spiro atoms. The number of nitrogens with zero attached hydrogens (tertiary/aromatic N) is 3. The van der Waals surface area contributed by atoms with Gasteiger partial charge < -0.3 is 19.3 Å². The summed E-state index contributed by atoms with van der Waals surface area (Å²) in [6.07, 6.45) is 0. The number of nitrogens with one attached hydrogen (secondary N) is 2. The van der Waals surface area contributed by atoms with E-state index in [1.807, 2.05) is 0 Å². The van der Waals surface area contributed by atoms with Crippen LogP contribution in [-0.2, 0) is 37.1 Å². The first kappa shape index (κ1) is 37.7. The van der Waals surface area contributed by atoms with E-state index in [-0.39, 0.29) is 29.0 Å². The molecule has 0 radical (unpaired) electrons. The number of rotatable bonds is 14. The molecule has 0 saturated carbocycles. The molecule has 4 unspecified atom stereocenters. The average molecular weight is 740 g/mol. The van der Waals surface area contributed by atoms with E-state index in [9.17, 15) is 38.6 Å². The molecule has 272 valence electrons. The third-order valence-corrected chi connectivity index (χ3v) is 9.37. The number of nitro benzene ring substituents is 1. The summed E-state index contributed by atoms with van der Waals surface area (Å²) < 4.78 is 26.2. The van der Waals surface area contributed by atoms with Gasteiger partial charge in [-0.15, -0.1) is 0 Å². The van der Waals surface area contributed by atoms with E-state index in [1.165, 1.54) is 55.5 Å². The van der Waals surface area contributed by atoms with Crippen LogP contribution in [0.1, 0.15) is 33.2 Å². The van der Waals surface area contributed by atoms with Gasteiger partial charge in [-0.2, -0.15) is 0 Å². The smallest absolute Gasteiger partial charge is 0.333 e. The van der Waals surface area contributed by atoms with Gasteiger partial charge in [0, 0.05) is 23.3 Å². The zero-order valence-corrected chi connectivity index (χ0v) is 29.0. The molecule has 16 heteroatoms. The predicted octanol–water partition coefficient (Wildman–Crippen LogP) is 3.47. The van der Waals surface area contributed by atoms with Gasteiger partial charge >= 0.3 is 11.9 Å². The fraction of sp³-hybridized carbons (Fsp3) is 0.162. The number of likely N-dealkylation sites (tertiary alicyclic amines) is 1. The van der Waals surface area contributed by atoms with Crippen molar-refractivity contribution in [3.05, 3.63) is 154 Å². The Balaban J connectivity index is 1.45. The highest BCUT2D eigenvalue weighted by molar-refractivity contribution is 7.90. The van der Waals surface area contributed by atoms with E-state index < -0.39 is 69.9 Å². The molecule has 4 atom stereocenters.